The second-order valence-electron chi connectivity index (χ2n) is 4.82. The molecular weight excluding hydrogens is 282 g/mol. The molecular formula is C17H16ClN3. The van der Waals surface area contributed by atoms with Crippen molar-refractivity contribution in [3.8, 4) is 0 Å². The zero-order valence-electron chi connectivity index (χ0n) is 11.6. The Morgan fingerprint density at radius 3 is 3.00 bits per heavy atom. The van der Waals surface area contributed by atoms with E-state index in [1.807, 2.05) is 36.4 Å². The molecule has 0 radical (unpaired) electrons. The minimum atomic E-state index is 0.708. The van der Waals surface area contributed by atoms with Crippen molar-refractivity contribution in [1.29, 1.82) is 0 Å². The van der Waals surface area contributed by atoms with Crippen molar-refractivity contribution in [2.24, 2.45) is 0 Å². The molecule has 3 nitrogen and oxygen atoms in total. The number of nitrogens with zero attached hydrogens (tertiary/aromatic N) is 1. The Morgan fingerprint density at radius 1 is 1.19 bits per heavy atom. The van der Waals surface area contributed by atoms with Gasteiger partial charge in [-0.2, -0.15) is 0 Å². The van der Waals surface area contributed by atoms with Crippen molar-refractivity contribution in [3.63, 3.8) is 0 Å². The van der Waals surface area contributed by atoms with Crippen LogP contribution < -0.4 is 10.6 Å². The number of halogens is 1. The number of hydrogen-bond acceptors (Lipinski definition) is 3. The summed E-state index contributed by atoms with van der Waals surface area (Å²) < 4.78 is 0. The Kier molecular flexibility index (Phi) is 4.37. The highest BCUT2D eigenvalue weighted by molar-refractivity contribution is 6.31. The normalized spacial score (nSPS) is 12.9. The van der Waals surface area contributed by atoms with Gasteiger partial charge in [-0.3, -0.25) is 4.98 Å². The molecule has 1 aromatic heterocycles. The van der Waals surface area contributed by atoms with Gasteiger partial charge in [-0.25, -0.2) is 0 Å². The minimum Gasteiger partial charge on any atom is -0.383 e. The molecule has 0 fully saturated rings. The maximum absolute atomic E-state index is 5.99. The fourth-order valence-electron chi connectivity index (χ4n) is 2.26. The maximum Gasteiger partial charge on any atom is 0.0737 e. The summed E-state index contributed by atoms with van der Waals surface area (Å²) in [7, 11) is 0. The van der Waals surface area contributed by atoms with E-state index >= 15 is 0 Å². The number of pyridine rings is 1. The van der Waals surface area contributed by atoms with E-state index in [1.54, 1.807) is 6.20 Å². The van der Waals surface area contributed by atoms with Gasteiger partial charge in [0.2, 0.25) is 0 Å². The zero-order chi connectivity index (χ0) is 14.5. The first kappa shape index (κ1) is 13.9. The first-order valence-corrected chi connectivity index (χ1v) is 7.32. The van der Waals surface area contributed by atoms with E-state index in [0.29, 0.717) is 5.02 Å². The summed E-state index contributed by atoms with van der Waals surface area (Å²) in [4.78, 5) is 4.34. The van der Waals surface area contributed by atoms with Gasteiger partial charge in [-0.1, -0.05) is 17.7 Å². The van der Waals surface area contributed by atoms with Gasteiger partial charge < -0.3 is 10.6 Å². The number of allylic oxidation sites excluding steroid dienone is 1. The topological polar surface area (TPSA) is 37.0 Å². The monoisotopic (exact) mass is 297 g/mol. The highest BCUT2D eigenvalue weighted by Gasteiger charge is 2.02. The lowest BCUT2D eigenvalue weighted by atomic mass is 10.2. The lowest BCUT2D eigenvalue weighted by Gasteiger charge is -2.10. The summed E-state index contributed by atoms with van der Waals surface area (Å²) in [6.45, 7) is 2.58. The SMILES string of the molecule is Clc1ccc2c(NCCNCC3=C=CC=C3)ccnc2c1. The Morgan fingerprint density at radius 2 is 2.14 bits per heavy atom. The van der Waals surface area contributed by atoms with E-state index in [9.17, 15) is 0 Å². The third-order valence-corrected chi connectivity index (χ3v) is 3.53. The van der Waals surface area contributed by atoms with Crippen molar-refractivity contribution in [1.82, 2.24) is 10.3 Å². The molecule has 21 heavy (non-hydrogen) atoms. The third-order valence-electron chi connectivity index (χ3n) is 3.30. The summed E-state index contributed by atoms with van der Waals surface area (Å²) in [5.41, 5.74) is 6.36. The van der Waals surface area contributed by atoms with E-state index in [1.165, 1.54) is 5.57 Å². The van der Waals surface area contributed by atoms with Gasteiger partial charge in [0.25, 0.3) is 0 Å². The number of rotatable bonds is 6. The largest absolute Gasteiger partial charge is 0.383 e. The molecule has 2 aromatic rings. The third kappa shape index (κ3) is 3.53. The molecule has 0 unspecified atom stereocenters. The van der Waals surface area contributed by atoms with Gasteiger partial charge in [0.1, 0.15) is 0 Å². The van der Waals surface area contributed by atoms with Gasteiger partial charge in [-0.15, -0.1) is 5.73 Å². The highest BCUT2D eigenvalue weighted by Crippen LogP contribution is 2.23. The quantitative estimate of drug-likeness (QED) is 0.632. The van der Waals surface area contributed by atoms with Crippen molar-refractivity contribution in [3.05, 3.63) is 65.0 Å². The lowest BCUT2D eigenvalue weighted by molar-refractivity contribution is 0.760. The average molecular weight is 298 g/mol. The Hall–Kier alpha value is -2.06. The summed E-state index contributed by atoms with van der Waals surface area (Å²) >= 11 is 5.99. The number of anilines is 1. The van der Waals surface area contributed by atoms with Crippen LogP contribution in [0.15, 0.2) is 60.0 Å². The van der Waals surface area contributed by atoms with Crippen LogP contribution in [0.25, 0.3) is 10.9 Å². The fourth-order valence-corrected chi connectivity index (χ4v) is 2.43. The Balaban J connectivity index is 1.55. The summed E-state index contributed by atoms with van der Waals surface area (Å²) in [5, 5.41) is 8.61. The number of nitrogens with one attached hydrogen (secondary N) is 2. The van der Waals surface area contributed by atoms with Crippen molar-refractivity contribution >= 4 is 28.2 Å². The number of hydrogen-bond donors (Lipinski definition) is 2. The second kappa shape index (κ2) is 6.59. The molecule has 4 heteroatoms. The molecule has 1 aliphatic carbocycles. The van der Waals surface area contributed by atoms with Crippen LogP contribution in [-0.4, -0.2) is 24.6 Å². The van der Waals surface area contributed by atoms with Gasteiger partial charge in [0, 0.05) is 47.5 Å². The predicted molar refractivity (Wildman–Crippen MR) is 88.8 cm³/mol. The van der Waals surface area contributed by atoms with Crippen LogP contribution >= 0.6 is 11.6 Å². The molecule has 0 bridgehead atoms. The molecule has 0 spiro atoms. The summed E-state index contributed by atoms with van der Waals surface area (Å²) in [5.74, 6) is 0. The van der Waals surface area contributed by atoms with Gasteiger partial charge in [0.15, 0.2) is 0 Å². The van der Waals surface area contributed by atoms with E-state index in [4.69, 9.17) is 11.6 Å². The number of aromatic nitrogens is 1. The van der Waals surface area contributed by atoms with Crippen LogP contribution in [0.5, 0.6) is 0 Å². The molecule has 1 heterocycles. The highest BCUT2D eigenvalue weighted by atomic mass is 35.5. The van der Waals surface area contributed by atoms with Crippen LogP contribution in [0.3, 0.4) is 0 Å². The summed E-state index contributed by atoms with van der Waals surface area (Å²) in [6.07, 6.45) is 7.81. The Labute approximate surface area is 129 Å². The molecule has 0 saturated heterocycles. The van der Waals surface area contributed by atoms with Crippen LogP contribution in [0.2, 0.25) is 5.02 Å². The van der Waals surface area contributed by atoms with E-state index in [0.717, 1.165) is 36.2 Å². The van der Waals surface area contributed by atoms with Crippen molar-refractivity contribution < 1.29 is 0 Å². The molecule has 1 aliphatic rings. The van der Waals surface area contributed by atoms with E-state index in [2.05, 4.69) is 27.4 Å². The zero-order valence-corrected chi connectivity index (χ0v) is 12.3. The van der Waals surface area contributed by atoms with Crippen molar-refractivity contribution in [2.45, 2.75) is 0 Å². The second-order valence-corrected chi connectivity index (χ2v) is 5.26. The van der Waals surface area contributed by atoms with Gasteiger partial charge in [-0.05, 0) is 36.4 Å². The lowest BCUT2D eigenvalue weighted by Crippen LogP contribution is -2.23. The molecule has 0 atom stereocenters. The van der Waals surface area contributed by atoms with Crippen LogP contribution in [0.1, 0.15) is 0 Å². The maximum atomic E-state index is 5.99. The van der Waals surface area contributed by atoms with Crippen LogP contribution in [-0.2, 0) is 0 Å². The standard InChI is InChI=1S/C17H16ClN3/c18-14-5-6-15-16(7-8-20-17(15)11-14)21-10-9-19-12-13-3-1-2-4-13/h1-3,5-8,11,19H,9-10,12H2,(H,20,21). The first-order valence-electron chi connectivity index (χ1n) is 6.94. The molecule has 0 amide bonds. The molecule has 2 N–H and O–H groups in total. The predicted octanol–water partition coefficient (Wildman–Crippen LogP) is 3.54. The first-order chi connectivity index (χ1) is 10.3. The van der Waals surface area contributed by atoms with Gasteiger partial charge >= 0.3 is 0 Å². The van der Waals surface area contributed by atoms with E-state index < -0.39 is 0 Å². The van der Waals surface area contributed by atoms with Crippen LogP contribution in [0, 0.1) is 0 Å². The Bertz CT molecular complexity index is 743. The molecule has 1 aromatic carbocycles. The van der Waals surface area contributed by atoms with Gasteiger partial charge in [0.05, 0.1) is 5.52 Å². The average Bonchev–Trinajstić information content (AvgIpc) is 3.00. The van der Waals surface area contributed by atoms with Crippen molar-refractivity contribution in [2.75, 3.05) is 25.0 Å². The summed E-state index contributed by atoms with van der Waals surface area (Å²) in [6, 6.07) is 7.76. The number of fused-ring (bicyclic) bond motifs is 1. The smallest absolute Gasteiger partial charge is 0.0737 e. The van der Waals surface area contributed by atoms with Crippen LogP contribution in [0.4, 0.5) is 5.69 Å². The number of benzene rings is 1. The molecule has 0 aliphatic heterocycles. The minimum absolute atomic E-state index is 0.708. The molecule has 106 valence electrons. The molecule has 0 saturated carbocycles. The fraction of sp³-hybridized carbons (Fsp3) is 0.176. The molecule has 3 rings (SSSR count). The van der Waals surface area contributed by atoms with E-state index in [-0.39, 0.29) is 0 Å².